The van der Waals surface area contributed by atoms with Crippen molar-refractivity contribution in [2.24, 2.45) is 0 Å². The highest BCUT2D eigenvalue weighted by atomic mass is 32.2. The second-order valence-corrected chi connectivity index (χ2v) is 3.90. The van der Waals surface area contributed by atoms with E-state index >= 15 is 0 Å². The molecule has 9 heteroatoms. The number of ether oxygens (including phenoxy) is 1. The van der Waals surface area contributed by atoms with E-state index < -0.39 is 28.2 Å². The molecule has 0 atom stereocenters. The van der Waals surface area contributed by atoms with Crippen molar-refractivity contribution in [2.75, 3.05) is 13.2 Å². The Labute approximate surface area is 89.6 Å². The molecule has 0 radical (unpaired) electrons. The van der Waals surface area contributed by atoms with Gasteiger partial charge in [-0.2, -0.15) is 21.6 Å². The van der Waals surface area contributed by atoms with Crippen molar-refractivity contribution < 1.29 is 35.3 Å². The van der Waals surface area contributed by atoms with Crippen LogP contribution in [-0.2, 0) is 23.8 Å². The number of rotatable bonds is 3. The molecular weight excluding hydrogens is 253 g/mol. The molecule has 5 nitrogen and oxygen atoms in total. The topological polar surface area (TPSA) is 69.7 Å². The normalized spacial score (nSPS) is 11.5. The van der Waals surface area contributed by atoms with Gasteiger partial charge in [-0.25, -0.2) is 0 Å². The van der Waals surface area contributed by atoms with Gasteiger partial charge in [-0.15, -0.1) is 0 Å². The minimum Gasteiger partial charge on any atom is -0.453 e. The van der Waals surface area contributed by atoms with Crippen LogP contribution in [-0.4, -0.2) is 33.1 Å². The Morgan fingerprint density at radius 2 is 1.75 bits per heavy atom. The molecule has 0 N–H and O–H groups in total. The van der Waals surface area contributed by atoms with Gasteiger partial charge in [0.1, 0.15) is 6.61 Å². The van der Waals surface area contributed by atoms with E-state index in [-0.39, 0.29) is 6.61 Å². The fourth-order valence-electron chi connectivity index (χ4n) is 0.414. The molecule has 0 spiro atoms. The third-order valence-corrected chi connectivity index (χ3v) is 2.04. The first-order chi connectivity index (χ1) is 7.17. The highest BCUT2D eigenvalue weighted by molar-refractivity contribution is 7.87. The van der Waals surface area contributed by atoms with Gasteiger partial charge in [0.2, 0.25) is 0 Å². The van der Waals surface area contributed by atoms with Crippen LogP contribution in [0.1, 0.15) is 6.92 Å². The fourth-order valence-corrected chi connectivity index (χ4v) is 0.761. The van der Waals surface area contributed by atoms with E-state index in [0.29, 0.717) is 0 Å². The molecule has 0 bridgehead atoms. The van der Waals surface area contributed by atoms with Crippen LogP contribution in [0.15, 0.2) is 0 Å². The number of carbonyl (C=O) groups excluding carboxylic acids is 1. The minimum absolute atomic E-state index is 0.343. The van der Waals surface area contributed by atoms with Crippen molar-refractivity contribution in [3.05, 3.63) is 0 Å². The Balaban J connectivity index is 4.05. The quantitative estimate of drug-likeness (QED) is 0.318. The average molecular weight is 260 g/mol. The lowest BCUT2D eigenvalue weighted by molar-refractivity contribution is -0.139. The van der Waals surface area contributed by atoms with Crippen molar-refractivity contribution in [2.45, 2.75) is 12.4 Å². The predicted molar refractivity (Wildman–Crippen MR) is 45.3 cm³/mol. The molecule has 0 aromatic heterocycles. The van der Waals surface area contributed by atoms with Crippen molar-refractivity contribution in [3.63, 3.8) is 0 Å². The molecule has 0 rings (SSSR count). The Bertz CT molecular complexity index is 400. The van der Waals surface area contributed by atoms with E-state index in [1.807, 2.05) is 5.92 Å². The molecule has 0 saturated heterocycles. The summed E-state index contributed by atoms with van der Waals surface area (Å²) in [7, 11) is -5.61. The molecule has 92 valence electrons. The molecule has 0 aliphatic rings. The molecule has 0 aromatic carbocycles. The summed E-state index contributed by atoms with van der Waals surface area (Å²) in [5.41, 5.74) is -5.47. The van der Waals surface area contributed by atoms with Gasteiger partial charge in [-0.05, 0) is 0 Å². The number of hydrogen-bond acceptors (Lipinski definition) is 5. The van der Waals surface area contributed by atoms with Crippen molar-refractivity contribution in [1.82, 2.24) is 0 Å². The van der Waals surface area contributed by atoms with Gasteiger partial charge in [-0.1, -0.05) is 11.8 Å². The zero-order valence-corrected chi connectivity index (χ0v) is 8.81. The van der Waals surface area contributed by atoms with Gasteiger partial charge in [0, 0.05) is 6.92 Å². The van der Waals surface area contributed by atoms with Crippen LogP contribution in [0.3, 0.4) is 0 Å². The third kappa shape index (κ3) is 5.57. The molecular formula is C7H7F3O5S. The lowest BCUT2D eigenvalue weighted by Gasteiger charge is -2.05. The summed E-state index contributed by atoms with van der Waals surface area (Å²) in [6, 6.07) is 0. The summed E-state index contributed by atoms with van der Waals surface area (Å²) in [5.74, 6) is 3.42. The van der Waals surface area contributed by atoms with E-state index in [1.54, 1.807) is 0 Å². The second-order valence-electron chi connectivity index (χ2n) is 2.30. The summed E-state index contributed by atoms with van der Waals surface area (Å²) < 4.78 is 63.5. The lowest BCUT2D eigenvalue weighted by Crippen LogP contribution is -2.25. The Hall–Kier alpha value is -1.27. The first-order valence-electron chi connectivity index (χ1n) is 3.71. The van der Waals surface area contributed by atoms with Crippen LogP contribution >= 0.6 is 0 Å². The molecule has 0 fully saturated rings. The number of alkyl halides is 3. The fraction of sp³-hybridized carbons (Fsp3) is 0.571. The maximum absolute atomic E-state index is 11.7. The van der Waals surface area contributed by atoms with E-state index in [4.69, 9.17) is 0 Å². The van der Waals surface area contributed by atoms with E-state index in [2.05, 4.69) is 14.8 Å². The van der Waals surface area contributed by atoms with E-state index in [9.17, 15) is 26.4 Å². The zero-order valence-electron chi connectivity index (χ0n) is 8.00. The molecule has 0 aliphatic carbocycles. The zero-order chi connectivity index (χ0) is 12.8. The number of carbonyl (C=O) groups is 1. The molecule has 0 saturated carbocycles. The SMILES string of the molecule is CC(=O)OCC#CCOS(=O)(=O)C(F)(F)F. The number of esters is 1. The van der Waals surface area contributed by atoms with Crippen molar-refractivity contribution in [1.29, 1.82) is 0 Å². The highest BCUT2D eigenvalue weighted by Crippen LogP contribution is 2.24. The summed E-state index contributed by atoms with van der Waals surface area (Å²) in [4.78, 5) is 10.2. The average Bonchev–Trinajstić information content (AvgIpc) is 2.08. The Morgan fingerprint density at radius 3 is 2.19 bits per heavy atom. The smallest absolute Gasteiger partial charge is 0.453 e. The number of halogens is 3. The van der Waals surface area contributed by atoms with Crippen LogP contribution in [0.2, 0.25) is 0 Å². The molecule has 0 aliphatic heterocycles. The molecule has 0 aromatic rings. The summed E-state index contributed by atoms with van der Waals surface area (Å²) in [6.45, 7) is -0.180. The van der Waals surface area contributed by atoms with Crippen LogP contribution in [0, 0.1) is 11.8 Å². The van der Waals surface area contributed by atoms with Crippen molar-refractivity contribution in [3.8, 4) is 11.8 Å². The largest absolute Gasteiger partial charge is 0.523 e. The van der Waals surface area contributed by atoms with Gasteiger partial charge < -0.3 is 4.74 Å². The van der Waals surface area contributed by atoms with Gasteiger partial charge >= 0.3 is 21.6 Å². The van der Waals surface area contributed by atoms with Gasteiger partial charge in [0.15, 0.2) is 6.61 Å². The van der Waals surface area contributed by atoms with Crippen molar-refractivity contribution >= 4 is 16.1 Å². The molecule has 0 heterocycles. The Morgan fingerprint density at radius 1 is 1.25 bits per heavy atom. The molecule has 0 amide bonds. The maximum Gasteiger partial charge on any atom is 0.523 e. The van der Waals surface area contributed by atoms with Crippen LogP contribution in [0.4, 0.5) is 13.2 Å². The van der Waals surface area contributed by atoms with Crippen LogP contribution in [0.25, 0.3) is 0 Å². The van der Waals surface area contributed by atoms with Crippen LogP contribution < -0.4 is 0 Å². The second kappa shape index (κ2) is 5.72. The molecule has 0 unspecified atom stereocenters. The lowest BCUT2D eigenvalue weighted by atomic mass is 10.6. The first-order valence-corrected chi connectivity index (χ1v) is 5.12. The maximum atomic E-state index is 11.7. The van der Waals surface area contributed by atoms with E-state index in [1.165, 1.54) is 0 Å². The summed E-state index contributed by atoms with van der Waals surface area (Å²) >= 11 is 0. The standard InChI is InChI=1S/C7H7F3O5S/c1-6(11)14-4-2-3-5-15-16(12,13)7(8,9)10/h4-5H2,1H3. The predicted octanol–water partition coefficient (Wildman–Crippen LogP) is 0.419. The van der Waals surface area contributed by atoms with E-state index in [0.717, 1.165) is 6.92 Å². The third-order valence-electron chi connectivity index (χ3n) is 1.04. The first kappa shape index (κ1) is 14.7. The summed E-state index contributed by atoms with van der Waals surface area (Å²) in [6.07, 6.45) is 0. The minimum atomic E-state index is -5.61. The van der Waals surface area contributed by atoms with Gasteiger partial charge in [-0.3, -0.25) is 8.98 Å². The molecule has 16 heavy (non-hydrogen) atoms. The van der Waals surface area contributed by atoms with Gasteiger partial charge in [0.25, 0.3) is 0 Å². The highest BCUT2D eigenvalue weighted by Gasteiger charge is 2.47. The van der Waals surface area contributed by atoms with Crippen LogP contribution in [0.5, 0.6) is 0 Å². The number of hydrogen-bond donors (Lipinski definition) is 0. The van der Waals surface area contributed by atoms with Gasteiger partial charge in [0.05, 0.1) is 0 Å². The Kier molecular flexibility index (Phi) is 5.26. The monoisotopic (exact) mass is 260 g/mol. The summed E-state index contributed by atoms with van der Waals surface area (Å²) in [5, 5.41) is 0.